The van der Waals surface area contributed by atoms with E-state index in [1.807, 2.05) is 11.0 Å². The number of nitrogens with zero attached hydrogens (tertiary/aromatic N) is 3. The van der Waals surface area contributed by atoms with Crippen molar-refractivity contribution in [3.8, 4) is 0 Å². The highest BCUT2D eigenvalue weighted by Gasteiger charge is 2.22. The predicted octanol–water partition coefficient (Wildman–Crippen LogP) is 3.53. The van der Waals surface area contributed by atoms with Gasteiger partial charge in [0.1, 0.15) is 0 Å². The first-order valence-electron chi connectivity index (χ1n) is 10.5. The molecule has 1 aromatic heterocycles. The van der Waals surface area contributed by atoms with Gasteiger partial charge in [-0.3, -0.25) is 19.6 Å². The van der Waals surface area contributed by atoms with E-state index < -0.39 is 15.9 Å². The minimum absolute atomic E-state index is 0.0535. The summed E-state index contributed by atoms with van der Waals surface area (Å²) in [5.74, 6) is -0.447. The Hall–Kier alpha value is -3.31. The van der Waals surface area contributed by atoms with Gasteiger partial charge in [0.05, 0.1) is 0 Å². The van der Waals surface area contributed by atoms with Gasteiger partial charge in [0.15, 0.2) is 0 Å². The van der Waals surface area contributed by atoms with Crippen LogP contribution in [0, 0.1) is 6.92 Å². The number of carbonyl (C=O) groups is 2. The Morgan fingerprint density at radius 2 is 1.67 bits per heavy atom. The zero-order chi connectivity index (χ0) is 23.4. The molecule has 2 N–H and O–H groups in total. The number of aryl methyl sites for hydroxylation is 1. The van der Waals surface area contributed by atoms with Gasteiger partial charge >= 0.3 is 0 Å². The van der Waals surface area contributed by atoms with Crippen LogP contribution in [-0.2, 0) is 10.0 Å². The van der Waals surface area contributed by atoms with Crippen molar-refractivity contribution >= 4 is 44.0 Å². The molecule has 0 spiro atoms. The molecule has 3 aromatic rings. The largest absolute Gasteiger partial charge is 0.339 e. The molecule has 0 unspecified atom stereocenters. The fourth-order valence-electron chi connectivity index (χ4n) is 3.52. The van der Waals surface area contributed by atoms with Crippen molar-refractivity contribution < 1.29 is 18.0 Å². The van der Waals surface area contributed by atoms with E-state index in [2.05, 4.69) is 20.2 Å². The molecule has 0 saturated carbocycles. The summed E-state index contributed by atoms with van der Waals surface area (Å²) in [5.41, 5.74) is 2.06. The van der Waals surface area contributed by atoms with Crippen LogP contribution < -0.4 is 10.0 Å². The second kappa shape index (κ2) is 9.67. The fourth-order valence-corrected chi connectivity index (χ4v) is 5.48. The minimum Gasteiger partial charge on any atom is -0.339 e. The number of anilines is 2. The molecule has 0 bridgehead atoms. The molecule has 4 rings (SSSR count). The average Bonchev–Trinajstić information content (AvgIpc) is 3.29. The van der Waals surface area contributed by atoms with Crippen LogP contribution >= 0.6 is 11.3 Å². The van der Waals surface area contributed by atoms with Gasteiger partial charge in [-0.25, -0.2) is 0 Å². The maximum atomic E-state index is 12.7. The summed E-state index contributed by atoms with van der Waals surface area (Å²) < 4.78 is 27.5. The lowest BCUT2D eigenvalue weighted by Gasteiger charge is -2.26. The van der Waals surface area contributed by atoms with Crippen molar-refractivity contribution in [2.75, 3.05) is 23.1 Å². The molecule has 11 heteroatoms. The standard InChI is InChI=1S/C22H23N5O4S2/c1-15-7-3-4-8-18(15)19(28)23-21-24-25-22(32-21)33(30,31)26-17-11-9-16(10-12-17)20(29)27-13-5-2-6-14-27/h3-4,7-12,26H,2,5-6,13-14H2,1H3,(H,23,24,28). The number of carbonyl (C=O) groups excluding carboxylic acids is 2. The molecule has 2 amide bonds. The third kappa shape index (κ3) is 5.37. The van der Waals surface area contributed by atoms with Crippen molar-refractivity contribution in [2.45, 2.75) is 30.5 Å². The minimum atomic E-state index is -4.01. The Kier molecular flexibility index (Phi) is 6.70. The normalized spacial score (nSPS) is 14.0. The van der Waals surface area contributed by atoms with E-state index in [4.69, 9.17) is 0 Å². The molecule has 33 heavy (non-hydrogen) atoms. The number of hydrogen-bond donors (Lipinski definition) is 2. The lowest BCUT2D eigenvalue weighted by atomic mass is 10.1. The fraction of sp³-hybridized carbons (Fsp3) is 0.273. The number of rotatable bonds is 6. The third-order valence-electron chi connectivity index (χ3n) is 5.27. The van der Waals surface area contributed by atoms with Crippen molar-refractivity contribution in [2.24, 2.45) is 0 Å². The third-order valence-corrected chi connectivity index (χ3v) is 7.86. The highest BCUT2D eigenvalue weighted by molar-refractivity contribution is 7.94. The highest BCUT2D eigenvalue weighted by Crippen LogP contribution is 2.24. The smallest absolute Gasteiger partial charge is 0.291 e. The Labute approximate surface area is 195 Å². The van der Waals surface area contributed by atoms with E-state index in [0.717, 1.165) is 49.3 Å². The molecule has 1 saturated heterocycles. The molecule has 2 aromatic carbocycles. The van der Waals surface area contributed by atoms with E-state index in [1.165, 1.54) is 12.1 Å². The Morgan fingerprint density at radius 3 is 2.36 bits per heavy atom. The van der Waals surface area contributed by atoms with Crippen molar-refractivity contribution in [1.29, 1.82) is 0 Å². The van der Waals surface area contributed by atoms with Crippen molar-refractivity contribution in [3.63, 3.8) is 0 Å². The maximum Gasteiger partial charge on any atom is 0.291 e. The first-order chi connectivity index (χ1) is 15.8. The number of piperidine rings is 1. The van der Waals surface area contributed by atoms with Crippen LogP contribution in [0.2, 0.25) is 0 Å². The lowest BCUT2D eigenvalue weighted by Crippen LogP contribution is -2.35. The number of aromatic nitrogens is 2. The van der Waals surface area contributed by atoms with Gasteiger partial charge in [0.2, 0.25) is 5.13 Å². The molecule has 9 nitrogen and oxygen atoms in total. The molecule has 172 valence electrons. The summed E-state index contributed by atoms with van der Waals surface area (Å²) in [6.07, 6.45) is 3.13. The first kappa shape index (κ1) is 22.9. The molecule has 1 aliphatic rings. The van der Waals surface area contributed by atoms with Gasteiger partial charge in [-0.2, -0.15) is 8.42 Å². The van der Waals surface area contributed by atoms with Crippen LogP contribution in [0.25, 0.3) is 0 Å². The molecule has 0 atom stereocenters. The van der Waals surface area contributed by atoms with E-state index in [9.17, 15) is 18.0 Å². The number of likely N-dealkylation sites (tertiary alicyclic amines) is 1. The van der Waals surface area contributed by atoms with Crippen LogP contribution in [0.4, 0.5) is 10.8 Å². The van der Waals surface area contributed by atoms with Crippen molar-refractivity contribution in [1.82, 2.24) is 15.1 Å². The van der Waals surface area contributed by atoms with E-state index in [1.54, 1.807) is 37.3 Å². The van der Waals surface area contributed by atoms with Crippen LogP contribution in [0.15, 0.2) is 52.9 Å². The van der Waals surface area contributed by atoms with Crippen LogP contribution in [0.3, 0.4) is 0 Å². The van der Waals surface area contributed by atoms with Crippen molar-refractivity contribution in [3.05, 3.63) is 65.2 Å². The molecule has 0 radical (unpaired) electrons. The number of nitrogens with one attached hydrogen (secondary N) is 2. The number of hydrogen-bond acceptors (Lipinski definition) is 7. The summed E-state index contributed by atoms with van der Waals surface area (Å²) in [6.45, 7) is 3.29. The molecule has 2 heterocycles. The van der Waals surface area contributed by atoms with Crippen LogP contribution in [-0.4, -0.2) is 48.4 Å². The highest BCUT2D eigenvalue weighted by atomic mass is 32.2. The summed E-state index contributed by atoms with van der Waals surface area (Å²) in [5, 5.41) is 10.1. The van der Waals surface area contributed by atoms with Crippen LogP contribution in [0.5, 0.6) is 0 Å². The summed E-state index contributed by atoms with van der Waals surface area (Å²) in [6, 6.07) is 13.3. The Morgan fingerprint density at radius 1 is 0.970 bits per heavy atom. The van der Waals surface area contributed by atoms with Gasteiger partial charge in [0, 0.05) is 29.9 Å². The number of amides is 2. The lowest BCUT2D eigenvalue weighted by molar-refractivity contribution is 0.0724. The van der Waals surface area contributed by atoms with Gasteiger partial charge in [-0.1, -0.05) is 29.5 Å². The van der Waals surface area contributed by atoms with Gasteiger partial charge in [-0.15, -0.1) is 10.2 Å². The first-order valence-corrected chi connectivity index (χ1v) is 12.8. The predicted molar refractivity (Wildman–Crippen MR) is 126 cm³/mol. The Balaban J connectivity index is 1.42. The molecule has 1 aliphatic heterocycles. The SMILES string of the molecule is Cc1ccccc1C(=O)Nc1nnc(S(=O)(=O)Nc2ccc(C(=O)N3CCCCC3)cc2)s1. The summed E-state index contributed by atoms with van der Waals surface area (Å²) in [7, 11) is -4.01. The molecular formula is C22H23N5O4S2. The van der Waals surface area contributed by atoms with E-state index in [0.29, 0.717) is 16.8 Å². The zero-order valence-corrected chi connectivity index (χ0v) is 19.6. The number of benzene rings is 2. The monoisotopic (exact) mass is 485 g/mol. The quantitative estimate of drug-likeness (QED) is 0.515. The number of sulfonamides is 1. The van der Waals surface area contributed by atoms with E-state index >= 15 is 0 Å². The molecular weight excluding hydrogens is 462 g/mol. The van der Waals surface area contributed by atoms with E-state index in [-0.39, 0.29) is 15.4 Å². The summed E-state index contributed by atoms with van der Waals surface area (Å²) in [4.78, 5) is 26.8. The van der Waals surface area contributed by atoms with Gasteiger partial charge in [0.25, 0.3) is 26.2 Å². The van der Waals surface area contributed by atoms with Gasteiger partial charge in [-0.05, 0) is 62.1 Å². The second-order valence-corrected chi connectivity index (χ2v) is 10.5. The van der Waals surface area contributed by atoms with Crippen LogP contribution in [0.1, 0.15) is 45.5 Å². The molecule has 0 aliphatic carbocycles. The Bertz CT molecular complexity index is 1270. The topological polar surface area (TPSA) is 121 Å². The van der Waals surface area contributed by atoms with Gasteiger partial charge < -0.3 is 4.90 Å². The second-order valence-electron chi connectivity index (χ2n) is 7.68. The molecule has 1 fully saturated rings. The zero-order valence-electron chi connectivity index (χ0n) is 17.9. The summed E-state index contributed by atoms with van der Waals surface area (Å²) >= 11 is 0.749. The average molecular weight is 486 g/mol. The maximum absolute atomic E-state index is 12.7.